The quantitative estimate of drug-likeness (QED) is 0.624. The molecule has 0 aromatic heterocycles. The van der Waals surface area contributed by atoms with E-state index in [0.29, 0.717) is 11.3 Å². The van der Waals surface area contributed by atoms with Crippen molar-refractivity contribution in [3.8, 4) is 0 Å². The van der Waals surface area contributed by atoms with Crippen molar-refractivity contribution in [1.82, 2.24) is 4.31 Å². The van der Waals surface area contributed by atoms with Gasteiger partial charge in [-0.25, -0.2) is 12.7 Å². The first-order chi connectivity index (χ1) is 12.2. The Morgan fingerprint density at radius 3 is 2.04 bits per heavy atom. The fraction of sp³-hybridized carbons (Fsp3) is 0.158. The molecule has 7 heteroatoms. The second-order valence-corrected chi connectivity index (χ2v) is 7.96. The van der Waals surface area contributed by atoms with Gasteiger partial charge in [0.05, 0.1) is 4.90 Å². The standard InChI is InChI=1S/C19H20N2O4S/c1-14(22)20-17-9-4-15(5-10-17)6-13-19(23)16-7-11-18(12-8-16)26(24,25)21(2)3/h4-13H,1-3H3,(H,20,22)/b13-6+. The number of carbonyl (C=O) groups excluding carboxylic acids is 2. The summed E-state index contributed by atoms with van der Waals surface area (Å²) < 4.78 is 25.2. The van der Waals surface area contributed by atoms with E-state index in [2.05, 4.69) is 5.32 Å². The van der Waals surface area contributed by atoms with Crippen LogP contribution in [0, 0.1) is 0 Å². The zero-order chi connectivity index (χ0) is 19.3. The molecule has 0 bridgehead atoms. The van der Waals surface area contributed by atoms with Gasteiger partial charge in [0.1, 0.15) is 0 Å². The van der Waals surface area contributed by atoms with Gasteiger partial charge in [0.2, 0.25) is 15.9 Å². The minimum Gasteiger partial charge on any atom is -0.326 e. The monoisotopic (exact) mass is 372 g/mol. The van der Waals surface area contributed by atoms with E-state index in [-0.39, 0.29) is 16.6 Å². The van der Waals surface area contributed by atoms with Crippen LogP contribution in [0.5, 0.6) is 0 Å². The molecule has 0 heterocycles. The Morgan fingerprint density at radius 2 is 1.54 bits per heavy atom. The van der Waals surface area contributed by atoms with Crippen molar-refractivity contribution >= 4 is 33.5 Å². The molecule has 26 heavy (non-hydrogen) atoms. The highest BCUT2D eigenvalue weighted by atomic mass is 32.2. The zero-order valence-electron chi connectivity index (χ0n) is 14.8. The Morgan fingerprint density at radius 1 is 0.962 bits per heavy atom. The Bertz CT molecular complexity index is 929. The van der Waals surface area contributed by atoms with Gasteiger partial charge in [-0.1, -0.05) is 18.2 Å². The van der Waals surface area contributed by atoms with Crippen molar-refractivity contribution < 1.29 is 18.0 Å². The van der Waals surface area contributed by atoms with Crippen molar-refractivity contribution in [3.63, 3.8) is 0 Å². The fourth-order valence-corrected chi connectivity index (χ4v) is 3.05. The number of rotatable bonds is 6. The number of amides is 1. The molecule has 2 aromatic rings. The summed E-state index contributed by atoms with van der Waals surface area (Å²) in [6, 6.07) is 12.9. The van der Waals surface area contributed by atoms with E-state index in [0.717, 1.165) is 9.87 Å². The van der Waals surface area contributed by atoms with Gasteiger partial charge in [-0.3, -0.25) is 9.59 Å². The first-order valence-corrected chi connectivity index (χ1v) is 9.27. The Hall–Kier alpha value is -2.77. The summed E-state index contributed by atoms with van der Waals surface area (Å²) in [5, 5.41) is 2.67. The zero-order valence-corrected chi connectivity index (χ0v) is 15.6. The van der Waals surface area contributed by atoms with Gasteiger partial charge >= 0.3 is 0 Å². The maximum Gasteiger partial charge on any atom is 0.242 e. The molecule has 6 nitrogen and oxygen atoms in total. The minimum atomic E-state index is -3.51. The van der Waals surface area contributed by atoms with E-state index >= 15 is 0 Å². The van der Waals surface area contributed by atoms with Crippen LogP contribution in [0.15, 0.2) is 59.5 Å². The summed E-state index contributed by atoms with van der Waals surface area (Å²) >= 11 is 0. The fourth-order valence-electron chi connectivity index (χ4n) is 2.15. The van der Waals surface area contributed by atoms with Gasteiger partial charge in [0.25, 0.3) is 0 Å². The second-order valence-electron chi connectivity index (χ2n) is 5.81. The molecule has 1 N–H and O–H groups in total. The van der Waals surface area contributed by atoms with Crippen LogP contribution >= 0.6 is 0 Å². The average Bonchev–Trinajstić information content (AvgIpc) is 2.60. The van der Waals surface area contributed by atoms with Crippen molar-refractivity contribution in [3.05, 3.63) is 65.7 Å². The second kappa shape index (κ2) is 8.07. The van der Waals surface area contributed by atoms with Crippen LogP contribution in [0.1, 0.15) is 22.8 Å². The van der Waals surface area contributed by atoms with Crippen LogP contribution in [0.2, 0.25) is 0 Å². The summed E-state index contributed by atoms with van der Waals surface area (Å²) in [4.78, 5) is 23.3. The number of anilines is 1. The lowest BCUT2D eigenvalue weighted by atomic mass is 10.1. The number of sulfonamides is 1. The van der Waals surface area contributed by atoms with Crippen LogP contribution in [0.25, 0.3) is 6.08 Å². The number of hydrogen-bond donors (Lipinski definition) is 1. The van der Waals surface area contributed by atoms with Crippen molar-refractivity contribution in [2.24, 2.45) is 0 Å². The molecule has 2 aromatic carbocycles. The Balaban J connectivity index is 2.10. The van der Waals surface area contributed by atoms with E-state index < -0.39 is 10.0 Å². The third kappa shape index (κ3) is 4.87. The first-order valence-electron chi connectivity index (χ1n) is 7.83. The lowest BCUT2D eigenvalue weighted by Crippen LogP contribution is -2.22. The lowest BCUT2D eigenvalue weighted by molar-refractivity contribution is -0.114. The van der Waals surface area contributed by atoms with Crippen molar-refractivity contribution in [2.45, 2.75) is 11.8 Å². The highest BCUT2D eigenvalue weighted by molar-refractivity contribution is 7.89. The maximum absolute atomic E-state index is 12.2. The molecule has 0 aliphatic heterocycles. The average molecular weight is 372 g/mol. The third-order valence-electron chi connectivity index (χ3n) is 3.58. The van der Waals surface area contributed by atoms with Gasteiger partial charge in [0.15, 0.2) is 5.78 Å². The highest BCUT2D eigenvalue weighted by Gasteiger charge is 2.17. The van der Waals surface area contributed by atoms with E-state index in [1.54, 1.807) is 30.3 Å². The molecule has 0 radical (unpaired) electrons. The van der Waals surface area contributed by atoms with Crippen LogP contribution in [0.3, 0.4) is 0 Å². The van der Waals surface area contributed by atoms with E-state index in [1.165, 1.54) is 51.4 Å². The lowest BCUT2D eigenvalue weighted by Gasteiger charge is -2.11. The van der Waals surface area contributed by atoms with Crippen LogP contribution < -0.4 is 5.32 Å². The first kappa shape index (κ1) is 19.6. The molecular formula is C19H20N2O4S. The van der Waals surface area contributed by atoms with Crippen molar-refractivity contribution in [2.75, 3.05) is 19.4 Å². The van der Waals surface area contributed by atoms with Crippen LogP contribution in [0.4, 0.5) is 5.69 Å². The predicted octanol–water partition coefficient (Wildman–Crippen LogP) is 2.79. The van der Waals surface area contributed by atoms with E-state index in [1.807, 2.05) is 0 Å². The number of nitrogens with zero attached hydrogens (tertiary/aromatic N) is 1. The Labute approximate surface area is 153 Å². The number of allylic oxidation sites excluding steroid dienone is 1. The smallest absolute Gasteiger partial charge is 0.242 e. The summed E-state index contributed by atoms with van der Waals surface area (Å²) in [6.07, 6.45) is 3.08. The number of benzene rings is 2. The molecule has 1 amide bonds. The minimum absolute atomic E-state index is 0.136. The maximum atomic E-state index is 12.2. The molecule has 136 valence electrons. The normalized spacial score (nSPS) is 11.7. The van der Waals surface area contributed by atoms with Gasteiger partial charge in [0, 0.05) is 32.3 Å². The molecule has 0 saturated carbocycles. The van der Waals surface area contributed by atoms with E-state index in [4.69, 9.17) is 0 Å². The molecule has 2 rings (SSSR count). The summed E-state index contributed by atoms with van der Waals surface area (Å²) in [5.41, 5.74) is 1.88. The third-order valence-corrected chi connectivity index (χ3v) is 5.40. The molecule has 0 unspecified atom stereocenters. The van der Waals surface area contributed by atoms with Gasteiger partial charge in [-0.05, 0) is 48.0 Å². The number of nitrogens with one attached hydrogen (secondary N) is 1. The molecule has 0 spiro atoms. The molecule has 0 saturated heterocycles. The summed E-state index contributed by atoms with van der Waals surface area (Å²) in [5.74, 6) is -0.382. The van der Waals surface area contributed by atoms with Gasteiger partial charge in [-0.15, -0.1) is 0 Å². The SMILES string of the molecule is CC(=O)Nc1ccc(/C=C/C(=O)c2ccc(S(=O)(=O)N(C)C)cc2)cc1. The Kier molecular flexibility index (Phi) is 6.07. The molecular weight excluding hydrogens is 352 g/mol. The number of ketones is 1. The topological polar surface area (TPSA) is 83.5 Å². The van der Waals surface area contributed by atoms with Gasteiger partial charge in [-0.2, -0.15) is 0 Å². The molecule has 0 fully saturated rings. The predicted molar refractivity (Wildman–Crippen MR) is 101 cm³/mol. The van der Waals surface area contributed by atoms with E-state index in [9.17, 15) is 18.0 Å². The summed E-state index contributed by atoms with van der Waals surface area (Å²) in [6.45, 7) is 1.43. The van der Waals surface area contributed by atoms with Crippen LogP contribution in [-0.2, 0) is 14.8 Å². The molecule has 0 atom stereocenters. The highest BCUT2D eigenvalue weighted by Crippen LogP contribution is 2.15. The molecule has 0 aliphatic rings. The van der Waals surface area contributed by atoms with Crippen LogP contribution in [-0.4, -0.2) is 38.5 Å². The number of carbonyl (C=O) groups is 2. The van der Waals surface area contributed by atoms with Gasteiger partial charge < -0.3 is 5.32 Å². The van der Waals surface area contributed by atoms with Crippen molar-refractivity contribution in [1.29, 1.82) is 0 Å². The molecule has 0 aliphatic carbocycles. The number of hydrogen-bond acceptors (Lipinski definition) is 4. The summed E-state index contributed by atoms with van der Waals surface area (Å²) in [7, 11) is -0.608. The largest absolute Gasteiger partial charge is 0.326 e.